The van der Waals surface area contributed by atoms with Gasteiger partial charge in [0.1, 0.15) is 0 Å². The van der Waals surface area contributed by atoms with Crippen LogP contribution in [0.25, 0.3) is 0 Å². The maximum absolute atomic E-state index is 12.5. The number of carbonyl (C=O) groups is 2. The summed E-state index contributed by atoms with van der Waals surface area (Å²) in [6, 6.07) is 12.8. The molecule has 0 radical (unpaired) electrons. The molecule has 0 aliphatic carbocycles. The average Bonchev–Trinajstić information content (AvgIpc) is 3.09. The van der Waals surface area contributed by atoms with E-state index in [-0.39, 0.29) is 23.6 Å². The van der Waals surface area contributed by atoms with Crippen LogP contribution in [0.4, 0.5) is 5.69 Å². The summed E-state index contributed by atoms with van der Waals surface area (Å²) in [7, 11) is 1.82. The molecule has 162 valence electrons. The minimum absolute atomic E-state index is 0.124. The molecule has 2 amide bonds. The van der Waals surface area contributed by atoms with E-state index in [2.05, 4.69) is 36.8 Å². The van der Waals surface area contributed by atoms with E-state index in [1.54, 1.807) is 10.6 Å². The minimum Gasteiger partial charge on any atom is -0.342 e. The molecular weight excluding hydrogens is 478 g/mol. The number of carbonyl (C=O) groups excluding carboxylic acids is 2. The van der Waals surface area contributed by atoms with Crippen LogP contribution in [-0.2, 0) is 11.8 Å². The lowest BCUT2D eigenvalue weighted by atomic mass is 10.1. The Labute approximate surface area is 194 Å². The van der Waals surface area contributed by atoms with Gasteiger partial charge in [0.15, 0.2) is 11.0 Å². The molecule has 0 saturated heterocycles. The molecule has 1 atom stereocenters. The zero-order valence-electron chi connectivity index (χ0n) is 17.8. The SMILES string of the molecule is Cc1cccc(C(=O)N[C@H](C)c2nnc(SCC(=O)Nc3ccc(Br)cc3C)n2C)c1. The number of anilines is 1. The third-order valence-corrected chi connectivity index (χ3v) is 6.19. The molecule has 0 aliphatic rings. The van der Waals surface area contributed by atoms with Gasteiger partial charge in [-0.05, 0) is 56.7 Å². The first-order valence-electron chi connectivity index (χ1n) is 9.70. The number of halogens is 1. The normalized spacial score (nSPS) is 11.8. The highest BCUT2D eigenvalue weighted by Crippen LogP contribution is 2.22. The van der Waals surface area contributed by atoms with Gasteiger partial charge >= 0.3 is 0 Å². The van der Waals surface area contributed by atoms with E-state index in [1.807, 2.05) is 64.2 Å². The molecule has 3 rings (SSSR count). The lowest BCUT2D eigenvalue weighted by molar-refractivity contribution is -0.113. The van der Waals surface area contributed by atoms with E-state index >= 15 is 0 Å². The Bertz CT molecular complexity index is 1120. The van der Waals surface area contributed by atoms with Gasteiger partial charge in [0, 0.05) is 22.8 Å². The van der Waals surface area contributed by atoms with Crippen LogP contribution >= 0.6 is 27.7 Å². The molecule has 0 fully saturated rings. The van der Waals surface area contributed by atoms with Crippen molar-refractivity contribution in [1.29, 1.82) is 0 Å². The number of thioether (sulfide) groups is 1. The summed E-state index contributed by atoms with van der Waals surface area (Å²) < 4.78 is 2.76. The first-order valence-corrected chi connectivity index (χ1v) is 11.5. The highest BCUT2D eigenvalue weighted by molar-refractivity contribution is 9.10. The maximum Gasteiger partial charge on any atom is 0.251 e. The van der Waals surface area contributed by atoms with Crippen LogP contribution in [0.3, 0.4) is 0 Å². The number of aryl methyl sites for hydroxylation is 2. The summed E-state index contributed by atoms with van der Waals surface area (Å²) in [6.45, 7) is 5.74. The van der Waals surface area contributed by atoms with Crippen LogP contribution in [0, 0.1) is 13.8 Å². The Balaban J connectivity index is 1.59. The third kappa shape index (κ3) is 5.95. The standard InChI is InChI=1S/C22H24BrN5O2S/c1-13-6-5-7-16(10-13)21(30)24-15(3)20-26-27-22(28(20)4)31-12-19(29)25-18-9-8-17(23)11-14(18)2/h5-11,15H,12H2,1-4H3,(H,24,30)(H,25,29)/t15-/m1/s1. The maximum atomic E-state index is 12.5. The van der Waals surface area contributed by atoms with Gasteiger partial charge in [-0.15, -0.1) is 10.2 Å². The van der Waals surface area contributed by atoms with Crippen molar-refractivity contribution in [2.24, 2.45) is 7.05 Å². The van der Waals surface area contributed by atoms with Gasteiger partial charge in [-0.2, -0.15) is 0 Å². The van der Waals surface area contributed by atoms with Gasteiger partial charge in [0.05, 0.1) is 11.8 Å². The second-order valence-electron chi connectivity index (χ2n) is 7.26. The topological polar surface area (TPSA) is 88.9 Å². The van der Waals surface area contributed by atoms with E-state index in [4.69, 9.17) is 0 Å². The second-order valence-corrected chi connectivity index (χ2v) is 9.12. The summed E-state index contributed by atoms with van der Waals surface area (Å²) in [5.41, 5.74) is 3.38. The Morgan fingerprint density at radius 3 is 2.65 bits per heavy atom. The van der Waals surface area contributed by atoms with Crippen LogP contribution in [0.1, 0.15) is 40.3 Å². The smallest absolute Gasteiger partial charge is 0.251 e. The van der Waals surface area contributed by atoms with Gasteiger partial charge < -0.3 is 15.2 Å². The molecule has 9 heteroatoms. The minimum atomic E-state index is -0.334. The largest absolute Gasteiger partial charge is 0.342 e. The Morgan fingerprint density at radius 2 is 1.94 bits per heavy atom. The quantitative estimate of drug-likeness (QED) is 0.467. The van der Waals surface area contributed by atoms with Crippen LogP contribution in [0.15, 0.2) is 52.1 Å². The third-order valence-electron chi connectivity index (χ3n) is 4.68. The Kier molecular flexibility index (Phi) is 7.50. The monoisotopic (exact) mass is 501 g/mol. The van der Waals surface area contributed by atoms with Crippen molar-refractivity contribution >= 4 is 45.2 Å². The van der Waals surface area contributed by atoms with Crippen LogP contribution < -0.4 is 10.6 Å². The van der Waals surface area contributed by atoms with Crippen molar-refractivity contribution in [1.82, 2.24) is 20.1 Å². The van der Waals surface area contributed by atoms with Crippen molar-refractivity contribution in [3.63, 3.8) is 0 Å². The molecule has 0 spiro atoms. The number of amides is 2. The number of hydrogen-bond acceptors (Lipinski definition) is 5. The van der Waals surface area contributed by atoms with Gasteiger partial charge in [-0.3, -0.25) is 9.59 Å². The first kappa shape index (κ1) is 23.0. The van der Waals surface area contributed by atoms with Crippen molar-refractivity contribution in [2.45, 2.75) is 32.0 Å². The predicted molar refractivity (Wildman–Crippen MR) is 126 cm³/mol. The van der Waals surface area contributed by atoms with Gasteiger partial charge in [0.2, 0.25) is 5.91 Å². The summed E-state index contributed by atoms with van der Waals surface area (Å²) in [5.74, 6) is 0.525. The summed E-state index contributed by atoms with van der Waals surface area (Å²) in [4.78, 5) is 24.9. The molecule has 0 bridgehead atoms. The molecule has 0 saturated carbocycles. The van der Waals surface area contributed by atoms with Gasteiger partial charge in [-0.25, -0.2) is 0 Å². The molecule has 31 heavy (non-hydrogen) atoms. The van der Waals surface area contributed by atoms with Crippen LogP contribution in [-0.4, -0.2) is 32.3 Å². The van der Waals surface area contributed by atoms with E-state index in [0.29, 0.717) is 16.5 Å². The zero-order chi connectivity index (χ0) is 22.5. The van der Waals surface area contributed by atoms with Crippen LogP contribution in [0.2, 0.25) is 0 Å². The number of hydrogen-bond donors (Lipinski definition) is 2. The molecule has 2 N–H and O–H groups in total. The fraction of sp³-hybridized carbons (Fsp3) is 0.273. The van der Waals surface area contributed by atoms with Crippen molar-refractivity contribution in [3.8, 4) is 0 Å². The van der Waals surface area contributed by atoms with E-state index < -0.39 is 0 Å². The fourth-order valence-electron chi connectivity index (χ4n) is 3.04. The van der Waals surface area contributed by atoms with Gasteiger partial charge in [0.25, 0.3) is 5.91 Å². The lowest BCUT2D eigenvalue weighted by Crippen LogP contribution is -2.28. The molecule has 3 aromatic rings. The van der Waals surface area contributed by atoms with E-state index in [0.717, 1.165) is 21.3 Å². The first-order chi connectivity index (χ1) is 14.7. The molecule has 1 heterocycles. The number of nitrogens with one attached hydrogen (secondary N) is 2. The number of nitrogens with zero attached hydrogens (tertiary/aromatic N) is 3. The molecule has 0 aliphatic heterocycles. The number of aromatic nitrogens is 3. The van der Waals surface area contributed by atoms with Gasteiger partial charge in [-0.1, -0.05) is 45.4 Å². The summed E-state index contributed by atoms with van der Waals surface area (Å²) in [6.07, 6.45) is 0. The molecule has 1 aromatic heterocycles. The second kappa shape index (κ2) is 10.1. The highest BCUT2D eigenvalue weighted by Gasteiger charge is 2.19. The molecular formula is C22H24BrN5O2S. The highest BCUT2D eigenvalue weighted by atomic mass is 79.9. The van der Waals surface area contributed by atoms with E-state index in [1.165, 1.54) is 11.8 Å². The Hall–Kier alpha value is -2.65. The van der Waals surface area contributed by atoms with E-state index in [9.17, 15) is 9.59 Å². The fourth-order valence-corrected chi connectivity index (χ4v) is 4.24. The number of rotatable bonds is 7. The predicted octanol–water partition coefficient (Wildman–Crippen LogP) is 4.42. The summed E-state index contributed by atoms with van der Waals surface area (Å²) in [5, 5.41) is 14.8. The van der Waals surface area contributed by atoms with Crippen molar-refractivity contribution < 1.29 is 9.59 Å². The Morgan fingerprint density at radius 1 is 1.16 bits per heavy atom. The zero-order valence-corrected chi connectivity index (χ0v) is 20.2. The molecule has 2 aromatic carbocycles. The molecule has 0 unspecified atom stereocenters. The van der Waals surface area contributed by atoms with Crippen molar-refractivity contribution in [2.75, 3.05) is 11.1 Å². The van der Waals surface area contributed by atoms with Crippen LogP contribution in [0.5, 0.6) is 0 Å². The van der Waals surface area contributed by atoms with Crippen molar-refractivity contribution in [3.05, 3.63) is 69.5 Å². The lowest BCUT2D eigenvalue weighted by Gasteiger charge is -2.14. The number of benzene rings is 2. The average molecular weight is 502 g/mol. The summed E-state index contributed by atoms with van der Waals surface area (Å²) >= 11 is 4.71. The molecule has 7 nitrogen and oxygen atoms in total.